The van der Waals surface area contributed by atoms with E-state index >= 15 is 0 Å². The van der Waals surface area contributed by atoms with E-state index in [1.807, 2.05) is 18.5 Å². The molecule has 170 valence electrons. The van der Waals surface area contributed by atoms with Gasteiger partial charge in [-0.1, -0.05) is 30.0 Å². The Kier molecular flexibility index (Phi) is 5.32. The third kappa shape index (κ3) is 3.73. The molecule has 0 amide bonds. The number of piperidine rings is 1. The SMILES string of the molecule is Cc1ncoc1-c1nnc(SCCCN2C[C@H]3CC3(c3ccccc3C(F)(F)F)C2)n1C. The highest BCUT2D eigenvalue weighted by atomic mass is 32.2. The average Bonchev–Trinajstić information content (AvgIpc) is 3.05. The minimum absolute atomic E-state index is 0.324. The number of oxazole rings is 1. The summed E-state index contributed by atoms with van der Waals surface area (Å²) < 4.78 is 47.8. The van der Waals surface area contributed by atoms with E-state index < -0.39 is 11.7 Å². The summed E-state index contributed by atoms with van der Waals surface area (Å²) in [5, 5.41) is 9.27. The Hall–Kier alpha value is -2.33. The molecule has 0 bridgehead atoms. The van der Waals surface area contributed by atoms with E-state index in [1.165, 1.54) is 18.5 Å². The first-order valence-electron chi connectivity index (χ1n) is 10.6. The Labute approximate surface area is 188 Å². The number of nitrogens with zero attached hydrogens (tertiary/aromatic N) is 5. The van der Waals surface area contributed by atoms with Gasteiger partial charge in [0.1, 0.15) is 0 Å². The highest BCUT2D eigenvalue weighted by Gasteiger charge is 2.62. The van der Waals surface area contributed by atoms with Crippen LogP contribution in [0, 0.1) is 12.8 Å². The predicted octanol–water partition coefficient (Wildman–Crippen LogP) is 4.55. The maximum atomic E-state index is 13.5. The lowest BCUT2D eigenvalue weighted by atomic mass is 9.90. The van der Waals surface area contributed by atoms with Gasteiger partial charge in [0.25, 0.3) is 0 Å². The van der Waals surface area contributed by atoms with Crippen molar-refractivity contribution in [3.8, 4) is 11.6 Å². The molecule has 1 saturated heterocycles. The van der Waals surface area contributed by atoms with E-state index in [1.54, 1.807) is 23.9 Å². The fraction of sp³-hybridized carbons (Fsp3) is 0.500. The molecule has 0 spiro atoms. The van der Waals surface area contributed by atoms with E-state index in [0.29, 0.717) is 29.6 Å². The standard InChI is InChI=1S/C22H24F3N5OS/c1-14-18(31-13-26-14)19-27-28-20(29(19)2)32-9-5-8-30-11-15-10-21(15,12-30)16-6-3-4-7-17(16)22(23,24)25/h3-4,6-7,13,15H,5,8-12H2,1-2H3/t15-,21?/m1/s1. The number of hydrogen-bond donors (Lipinski definition) is 0. The summed E-state index contributed by atoms with van der Waals surface area (Å²) >= 11 is 1.62. The lowest BCUT2D eigenvalue weighted by Crippen LogP contribution is -2.29. The van der Waals surface area contributed by atoms with E-state index in [-0.39, 0.29) is 5.41 Å². The minimum atomic E-state index is -4.30. The predicted molar refractivity (Wildman–Crippen MR) is 114 cm³/mol. The van der Waals surface area contributed by atoms with Crippen molar-refractivity contribution in [2.24, 2.45) is 13.0 Å². The normalized spacial score (nSPS) is 23.0. The summed E-state index contributed by atoms with van der Waals surface area (Å²) in [6, 6.07) is 6.09. The van der Waals surface area contributed by atoms with Crippen LogP contribution in [-0.2, 0) is 18.6 Å². The van der Waals surface area contributed by atoms with Gasteiger partial charge in [0.15, 0.2) is 17.3 Å². The summed E-state index contributed by atoms with van der Waals surface area (Å²) in [6.07, 6.45) is -1.12. The van der Waals surface area contributed by atoms with Crippen LogP contribution in [0.5, 0.6) is 0 Å². The van der Waals surface area contributed by atoms with Crippen LogP contribution < -0.4 is 0 Å². The summed E-state index contributed by atoms with van der Waals surface area (Å²) in [5.41, 5.74) is 0.446. The molecule has 5 rings (SSSR count). The highest BCUT2D eigenvalue weighted by molar-refractivity contribution is 7.99. The Morgan fingerprint density at radius 3 is 2.81 bits per heavy atom. The Morgan fingerprint density at radius 1 is 1.25 bits per heavy atom. The highest BCUT2D eigenvalue weighted by Crippen LogP contribution is 2.60. The van der Waals surface area contributed by atoms with Crippen molar-refractivity contribution in [2.45, 2.75) is 36.5 Å². The molecule has 1 aromatic carbocycles. The Bertz CT molecular complexity index is 1130. The van der Waals surface area contributed by atoms with Gasteiger partial charge in [0, 0.05) is 31.3 Å². The second-order valence-corrected chi connectivity index (χ2v) is 9.73. The maximum absolute atomic E-state index is 13.5. The van der Waals surface area contributed by atoms with Gasteiger partial charge >= 0.3 is 6.18 Å². The molecule has 1 aliphatic heterocycles. The average molecular weight is 464 g/mol. The van der Waals surface area contributed by atoms with Crippen LogP contribution in [0.4, 0.5) is 13.2 Å². The number of likely N-dealkylation sites (tertiary alicyclic amines) is 1. The number of hydrogen-bond acceptors (Lipinski definition) is 6. The van der Waals surface area contributed by atoms with Crippen molar-refractivity contribution >= 4 is 11.8 Å². The van der Waals surface area contributed by atoms with Crippen LogP contribution >= 0.6 is 11.8 Å². The van der Waals surface area contributed by atoms with Crippen LogP contribution in [0.15, 0.2) is 40.2 Å². The van der Waals surface area contributed by atoms with E-state index in [0.717, 1.165) is 42.5 Å². The van der Waals surface area contributed by atoms with Crippen molar-refractivity contribution in [3.63, 3.8) is 0 Å². The molecule has 3 heterocycles. The number of halogens is 3. The molecule has 10 heteroatoms. The quantitative estimate of drug-likeness (QED) is 0.378. The van der Waals surface area contributed by atoms with E-state index in [4.69, 9.17) is 4.42 Å². The van der Waals surface area contributed by atoms with Crippen LogP contribution in [0.2, 0.25) is 0 Å². The topological polar surface area (TPSA) is 60.0 Å². The van der Waals surface area contributed by atoms with E-state index in [2.05, 4.69) is 20.1 Å². The maximum Gasteiger partial charge on any atom is 0.416 e. The zero-order chi connectivity index (χ0) is 22.5. The lowest BCUT2D eigenvalue weighted by molar-refractivity contribution is -0.138. The number of thioether (sulfide) groups is 1. The van der Waals surface area contributed by atoms with Gasteiger partial charge < -0.3 is 13.9 Å². The number of aryl methyl sites for hydroxylation is 1. The van der Waals surface area contributed by atoms with Gasteiger partial charge in [0.2, 0.25) is 5.82 Å². The molecule has 2 atom stereocenters. The summed E-state index contributed by atoms with van der Waals surface area (Å²) in [4.78, 5) is 6.40. The summed E-state index contributed by atoms with van der Waals surface area (Å²) in [7, 11) is 1.90. The zero-order valence-corrected chi connectivity index (χ0v) is 18.7. The number of alkyl halides is 3. The summed E-state index contributed by atoms with van der Waals surface area (Å²) in [6.45, 7) is 4.30. The first-order chi connectivity index (χ1) is 15.3. The van der Waals surface area contributed by atoms with Gasteiger partial charge in [-0.05, 0) is 43.9 Å². The van der Waals surface area contributed by atoms with Crippen molar-refractivity contribution in [1.82, 2.24) is 24.6 Å². The van der Waals surface area contributed by atoms with E-state index in [9.17, 15) is 13.2 Å². The number of aromatic nitrogens is 4. The number of benzene rings is 1. The van der Waals surface area contributed by atoms with Gasteiger partial charge in [-0.2, -0.15) is 13.2 Å². The largest absolute Gasteiger partial charge is 0.440 e. The lowest BCUT2D eigenvalue weighted by Gasteiger charge is -2.23. The molecule has 0 N–H and O–H groups in total. The first kappa shape index (κ1) is 21.5. The first-order valence-corrected chi connectivity index (χ1v) is 11.6. The minimum Gasteiger partial charge on any atom is -0.440 e. The van der Waals surface area contributed by atoms with Crippen molar-refractivity contribution in [1.29, 1.82) is 0 Å². The van der Waals surface area contributed by atoms with Crippen LogP contribution in [0.1, 0.15) is 29.7 Å². The van der Waals surface area contributed by atoms with Crippen LogP contribution in [0.25, 0.3) is 11.6 Å². The van der Waals surface area contributed by atoms with Gasteiger partial charge in [0.05, 0.1) is 11.3 Å². The Balaban J connectivity index is 1.16. The monoisotopic (exact) mass is 463 g/mol. The fourth-order valence-electron chi connectivity index (χ4n) is 4.95. The Morgan fingerprint density at radius 2 is 2.06 bits per heavy atom. The molecule has 2 aliphatic rings. The molecule has 2 aromatic heterocycles. The molecule has 1 unspecified atom stereocenters. The third-order valence-corrected chi connectivity index (χ3v) is 7.73. The van der Waals surface area contributed by atoms with Crippen LogP contribution in [-0.4, -0.2) is 50.0 Å². The second-order valence-electron chi connectivity index (χ2n) is 8.67. The zero-order valence-electron chi connectivity index (χ0n) is 17.9. The molecule has 0 radical (unpaired) electrons. The van der Waals surface area contributed by atoms with Crippen molar-refractivity contribution < 1.29 is 17.6 Å². The molecule has 6 nitrogen and oxygen atoms in total. The number of fused-ring (bicyclic) bond motifs is 1. The molecule has 32 heavy (non-hydrogen) atoms. The van der Waals surface area contributed by atoms with Crippen molar-refractivity contribution in [2.75, 3.05) is 25.4 Å². The van der Waals surface area contributed by atoms with Gasteiger partial charge in [-0.25, -0.2) is 4.98 Å². The van der Waals surface area contributed by atoms with Crippen molar-refractivity contribution in [3.05, 3.63) is 47.5 Å². The fourth-order valence-corrected chi connectivity index (χ4v) is 5.78. The van der Waals surface area contributed by atoms with Gasteiger partial charge in [-0.15, -0.1) is 10.2 Å². The smallest absolute Gasteiger partial charge is 0.416 e. The summed E-state index contributed by atoms with van der Waals surface area (Å²) in [5.74, 6) is 2.44. The molecular weight excluding hydrogens is 439 g/mol. The number of rotatable bonds is 7. The third-order valence-electron chi connectivity index (χ3n) is 6.62. The second kappa shape index (κ2) is 7.91. The molecular formula is C22H24F3N5OS. The molecule has 2 fully saturated rings. The van der Waals surface area contributed by atoms with Gasteiger partial charge in [-0.3, -0.25) is 0 Å². The molecule has 1 aliphatic carbocycles. The molecule has 1 saturated carbocycles. The van der Waals surface area contributed by atoms with Crippen LogP contribution in [0.3, 0.4) is 0 Å². The molecule has 3 aromatic rings.